The van der Waals surface area contributed by atoms with Crippen molar-refractivity contribution in [3.05, 3.63) is 81.9 Å². The van der Waals surface area contributed by atoms with Gasteiger partial charge >= 0.3 is 6.18 Å². The van der Waals surface area contributed by atoms with E-state index in [1.165, 1.54) is 11.9 Å². The Morgan fingerprint density at radius 1 is 1.23 bits per heavy atom. The standard InChI is InChI=1S/C25H26ClF3N4O2/c1-33(14-20-12-21(32-31-20)25(27,28)29)24(35)17-5-2-15(3-6-17)10-16-4-7-18(11-16)23(34)19-8-9-22(26)30-13-19/h2-3,5-6,8-9,12-13,16,18,23,34H,4,7,10-11,14H2,1H3,(H,31,32)/t16-,18-,23-/m0/s1. The number of aromatic amines is 1. The second kappa shape index (κ2) is 10.4. The van der Waals surface area contributed by atoms with Gasteiger partial charge < -0.3 is 10.0 Å². The highest BCUT2D eigenvalue weighted by Gasteiger charge is 2.34. The summed E-state index contributed by atoms with van der Waals surface area (Å²) in [4.78, 5) is 18.1. The van der Waals surface area contributed by atoms with E-state index in [9.17, 15) is 23.1 Å². The minimum Gasteiger partial charge on any atom is -0.388 e. The quantitative estimate of drug-likeness (QED) is 0.418. The number of aliphatic hydroxyl groups excluding tert-OH is 1. The summed E-state index contributed by atoms with van der Waals surface area (Å²) in [6.07, 6.45) is 0.211. The molecule has 0 bridgehead atoms. The number of hydrogen-bond donors (Lipinski definition) is 2. The van der Waals surface area contributed by atoms with Crippen LogP contribution in [0.25, 0.3) is 0 Å². The van der Waals surface area contributed by atoms with Gasteiger partial charge in [-0.3, -0.25) is 9.89 Å². The number of amides is 1. The Kier molecular flexibility index (Phi) is 7.47. The fraction of sp³-hybridized carbons (Fsp3) is 0.400. The molecule has 1 fully saturated rings. The van der Waals surface area contributed by atoms with E-state index in [1.807, 2.05) is 18.2 Å². The molecule has 0 saturated heterocycles. The summed E-state index contributed by atoms with van der Waals surface area (Å²) in [5, 5.41) is 16.7. The van der Waals surface area contributed by atoms with Crippen LogP contribution in [-0.2, 0) is 19.1 Å². The molecule has 3 atom stereocenters. The largest absolute Gasteiger partial charge is 0.435 e. The van der Waals surface area contributed by atoms with E-state index in [2.05, 4.69) is 15.2 Å². The van der Waals surface area contributed by atoms with Crippen LogP contribution in [0.1, 0.15) is 58.2 Å². The number of rotatable bonds is 7. The van der Waals surface area contributed by atoms with Gasteiger partial charge in [-0.15, -0.1) is 0 Å². The lowest BCUT2D eigenvalue weighted by Crippen LogP contribution is -2.26. The fourth-order valence-corrected chi connectivity index (χ4v) is 4.78. The van der Waals surface area contributed by atoms with Gasteiger partial charge in [-0.1, -0.05) is 29.8 Å². The Labute approximate surface area is 206 Å². The summed E-state index contributed by atoms with van der Waals surface area (Å²) < 4.78 is 38.1. The smallest absolute Gasteiger partial charge is 0.388 e. The molecule has 0 radical (unpaired) electrons. The Morgan fingerprint density at radius 3 is 2.60 bits per heavy atom. The highest BCUT2D eigenvalue weighted by atomic mass is 35.5. The molecule has 2 N–H and O–H groups in total. The maximum atomic E-state index is 12.7. The van der Waals surface area contributed by atoms with Crippen LogP contribution in [0, 0.1) is 11.8 Å². The first-order valence-electron chi connectivity index (χ1n) is 11.4. The highest BCUT2D eigenvalue weighted by Crippen LogP contribution is 2.40. The molecular formula is C25H26ClF3N4O2. The average Bonchev–Trinajstić information content (AvgIpc) is 3.49. The summed E-state index contributed by atoms with van der Waals surface area (Å²) in [5.74, 6) is 0.306. The van der Waals surface area contributed by atoms with Crippen molar-refractivity contribution in [1.82, 2.24) is 20.1 Å². The van der Waals surface area contributed by atoms with Gasteiger partial charge in [-0.05, 0) is 72.9 Å². The third-order valence-corrected chi connectivity index (χ3v) is 6.74. The normalized spacial score (nSPS) is 19.0. The molecule has 6 nitrogen and oxygen atoms in total. The number of H-pyrrole nitrogens is 1. The van der Waals surface area contributed by atoms with Crippen molar-refractivity contribution in [3.63, 3.8) is 0 Å². The third kappa shape index (κ3) is 6.21. The summed E-state index contributed by atoms with van der Waals surface area (Å²) in [6, 6.07) is 11.7. The van der Waals surface area contributed by atoms with Crippen molar-refractivity contribution in [3.8, 4) is 0 Å². The van der Waals surface area contributed by atoms with E-state index in [1.54, 1.807) is 24.4 Å². The SMILES string of the molecule is CN(Cc1cc(C(F)(F)F)n[nH]1)C(=O)c1ccc(C[C@@H]2CC[C@H]([C@H](O)c3ccc(Cl)nc3)C2)cc1. The van der Waals surface area contributed by atoms with Crippen molar-refractivity contribution in [2.75, 3.05) is 7.05 Å². The van der Waals surface area contributed by atoms with Crippen LogP contribution in [0.4, 0.5) is 13.2 Å². The number of hydrogen-bond acceptors (Lipinski definition) is 4. The zero-order chi connectivity index (χ0) is 25.2. The van der Waals surface area contributed by atoms with Gasteiger partial charge in [0.15, 0.2) is 5.69 Å². The molecule has 1 saturated carbocycles. The van der Waals surface area contributed by atoms with Crippen LogP contribution in [0.3, 0.4) is 0 Å². The third-order valence-electron chi connectivity index (χ3n) is 6.52. The lowest BCUT2D eigenvalue weighted by molar-refractivity contribution is -0.141. The number of aromatic nitrogens is 3. The molecule has 0 unspecified atom stereocenters. The fourth-order valence-electron chi connectivity index (χ4n) is 4.67. The van der Waals surface area contributed by atoms with Crippen LogP contribution in [-0.4, -0.2) is 38.1 Å². The van der Waals surface area contributed by atoms with Crippen LogP contribution in [0.2, 0.25) is 5.15 Å². The number of carbonyl (C=O) groups excluding carboxylic acids is 1. The van der Waals surface area contributed by atoms with E-state index in [-0.39, 0.29) is 24.1 Å². The summed E-state index contributed by atoms with van der Waals surface area (Å²) in [5.41, 5.74) is 1.53. The molecule has 0 spiro atoms. The number of alkyl halides is 3. The molecular weight excluding hydrogens is 481 g/mol. The monoisotopic (exact) mass is 506 g/mol. The van der Waals surface area contributed by atoms with Crippen molar-refractivity contribution >= 4 is 17.5 Å². The predicted octanol–water partition coefficient (Wildman–Crippen LogP) is 5.44. The maximum Gasteiger partial charge on any atom is 0.435 e. The lowest BCUT2D eigenvalue weighted by Gasteiger charge is -2.19. The molecule has 186 valence electrons. The average molecular weight is 507 g/mol. The first-order valence-corrected chi connectivity index (χ1v) is 11.7. The first kappa shape index (κ1) is 25.2. The molecule has 3 aromatic rings. The second-order valence-electron chi connectivity index (χ2n) is 9.14. The van der Waals surface area contributed by atoms with Gasteiger partial charge in [-0.25, -0.2) is 4.98 Å². The molecule has 1 aliphatic rings. The van der Waals surface area contributed by atoms with Crippen molar-refractivity contribution in [1.29, 1.82) is 0 Å². The zero-order valence-electron chi connectivity index (χ0n) is 19.1. The van der Waals surface area contributed by atoms with Crippen LogP contribution in [0.15, 0.2) is 48.7 Å². The van der Waals surface area contributed by atoms with Crippen LogP contribution in [0.5, 0.6) is 0 Å². The van der Waals surface area contributed by atoms with Gasteiger partial charge in [0.25, 0.3) is 5.91 Å². The molecule has 2 heterocycles. The van der Waals surface area contributed by atoms with Gasteiger partial charge in [0.2, 0.25) is 0 Å². The topological polar surface area (TPSA) is 82.1 Å². The number of pyridine rings is 1. The van der Waals surface area contributed by atoms with Gasteiger partial charge in [0.1, 0.15) is 5.15 Å². The first-order chi connectivity index (χ1) is 16.6. The summed E-state index contributed by atoms with van der Waals surface area (Å²) >= 11 is 5.83. The van der Waals surface area contributed by atoms with Crippen molar-refractivity contribution in [2.45, 2.75) is 44.5 Å². The second-order valence-corrected chi connectivity index (χ2v) is 9.52. The molecule has 4 rings (SSSR count). The highest BCUT2D eigenvalue weighted by molar-refractivity contribution is 6.29. The number of nitrogens with zero attached hydrogens (tertiary/aromatic N) is 3. The molecule has 1 aromatic carbocycles. The van der Waals surface area contributed by atoms with Crippen LogP contribution >= 0.6 is 11.6 Å². The van der Waals surface area contributed by atoms with E-state index in [0.717, 1.165) is 42.9 Å². The molecule has 2 aromatic heterocycles. The molecule has 10 heteroatoms. The minimum atomic E-state index is -4.53. The van der Waals surface area contributed by atoms with Gasteiger partial charge in [0, 0.05) is 18.8 Å². The number of benzene rings is 1. The van der Waals surface area contributed by atoms with Gasteiger partial charge in [0.05, 0.1) is 18.3 Å². The zero-order valence-corrected chi connectivity index (χ0v) is 19.9. The van der Waals surface area contributed by atoms with E-state index < -0.39 is 18.0 Å². The van der Waals surface area contributed by atoms with E-state index >= 15 is 0 Å². The molecule has 0 aliphatic heterocycles. The number of halogens is 4. The lowest BCUT2D eigenvalue weighted by atomic mass is 9.92. The Morgan fingerprint density at radius 2 is 1.97 bits per heavy atom. The Balaban J connectivity index is 1.30. The number of aliphatic hydroxyl groups is 1. The molecule has 35 heavy (non-hydrogen) atoms. The Hall–Kier alpha value is -2.91. The van der Waals surface area contributed by atoms with Crippen LogP contribution < -0.4 is 0 Å². The van der Waals surface area contributed by atoms with E-state index in [0.29, 0.717) is 16.6 Å². The van der Waals surface area contributed by atoms with E-state index in [4.69, 9.17) is 11.6 Å². The summed E-state index contributed by atoms with van der Waals surface area (Å²) in [6.45, 7) is -0.0153. The number of nitrogens with one attached hydrogen (secondary N) is 1. The molecule has 1 aliphatic carbocycles. The van der Waals surface area contributed by atoms with Crippen molar-refractivity contribution in [2.24, 2.45) is 11.8 Å². The maximum absolute atomic E-state index is 12.7. The van der Waals surface area contributed by atoms with Crippen molar-refractivity contribution < 1.29 is 23.1 Å². The number of carbonyl (C=O) groups is 1. The Bertz CT molecular complexity index is 1150. The van der Waals surface area contributed by atoms with Gasteiger partial charge in [-0.2, -0.15) is 18.3 Å². The summed E-state index contributed by atoms with van der Waals surface area (Å²) in [7, 11) is 1.53. The molecule has 1 amide bonds. The predicted molar refractivity (Wildman–Crippen MR) is 125 cm³/mol. The minimum absolute atomic E-state index is 0.0153.